The predicted molar refractivity (Wildman–Crippen MR) is 84.4 cm³/mol. The van der Waals surface area contributed by atoms with Crippen LogP contribution in [-0.4, -0.2) is 24.5 Å². The molecule has 0 unspecified atom stereocenters. The van der Waals surface area contributed by atoms with Gasteiger partial charge in [-0.15, -0.1) is 0 Å². The van der Waals surface area contributed by atoms with Crippen molar-refractivity contribution in [2.75, 3.05) is 7.05 Å². The minimum absolute atomic E-state index is 0.00667. The molecule has 0 fully saturated rings. The van der Waals surface area contributed by atoms with Crippen molar-refractivity contribution < 1.29 is 18.3 Å². The molecule has 0 atom stereocenters. The molecule has 0 aliphatic rings. The summed E-state index contributed by atoms with van der Waals surface area (Å²) in [4.78, 5) is 13.9. The quantitative estimate of drug-likeness (QED) is 0.810. The van der Waals surface area contributed by atoms with E-state index in [-0.39, 0.29) is 11.7 Å². The van der Waals surface area contributed by atoms with Gasteiger partial charge in [0.25, 0.3) is 0 Å². The number of aryl methyl sites for hydroxylation is 1. The Balaban J connectivity index is 1.94. The second kappa shape index (κ2) is 7.72. The van der Waals surface area contributed by atoms with Gasteiger partial charge in [0, 0.05) is 13.6 Å². The molecular weight excluding hydrogens is 300 g/mol. The van der Waals surface area contributed by atoms with Gasteiger partial charge in [-0.2, -0.15) is 8.78 Å². The number of amides is 1. The Bertz CT molecular complexity index is 656. The molecule has 0 saturated carbocycles. The van der Waals surface area contributed by atoms with Gasteiger partial charge in [0.05, 0.1) is 6.42 Å². The maximum Gasteiger partial charge on any atom is 0.387 e. The van der Waals surface area contributed by atoms with Crippen molar-refractivity contribution in [1.82, 2.24) is 4.90 Å². The summed E-state index contributed by atoms with van der Waals surface area (Å²) in [5.74, 6) is 0.116. The Labute approximate surface area is 134 Å². The summed E-state index contributed by atoms with van der Waals surface area (Å²) in [6, 6.07) is 14.1. The molecule has 0 saturated heterocycles. The Morgan fingerprint density at radius 3 is 2.39 bits per heavy atom. The van der Waals surface area contributed by atoms with Crippen LogP contribution in [0.15, 0.2) is 48.5 Å². The minimum atomic E-state index is -2.83. The van der Waals surface area contributed by atoms with Gasteiger partial charge < -0.3 is 9.64 Å². The fourth-order valence-electron chi connectivity index (χ4n) is 2.24. The molecule has 2 rings (SSSR count). The Kier molecular flexibility index (Phi) is 5.68. The molecule has 122 valence electrons. The number of likely N-dealkylation sites (N-methyl/N-ethyl adjacent to an activating group) is 1. The standard InChI is InChI=1S/C18H19F2NO2/c1-13-5-3-4-6-15(13)11-17(22)21(2)12-14-7-9-16(10-8-14)23-18(19)20/h3-10,18H,11-12H2,1-2H3. The van der Waals surface area contributed by atoms with Crippen LogP contribution in [0.3, 0.4) is 0 Å². The second-order valence-electron chi connectivity index (χ2n) is 5.38. The number of ether oxygens (including phenoxy) is 1. The zero-order valence-electron chi connectivity index (χ0n) is 13.1. The summed E-state index contributed by atoms with van der Waals surface area (Å²) < 4.78 is 28.5. The summed E-state index contributed by atoms with van der Waals surface area (Å²) in [7, 11) is 1.73. The van der Waals surface area contributed by atoms with E-state index < -0.39 is 6.61 Å². The fraction of sp³-hybridized carbons (Fsp3) is 0.278. The van der Waals surface area contributed by atoms with Gasteiger partial charge in [0.15, 0.2) is 0 Å². The molecule has 0 heterocycles. The monoisotopic (exact) mass is 319 g/mol. The summed E-state index contributed by atoms with van der Waals surface area (Å²) >= 11 is 0. The van der Waals surface area contributed by atoms with Crippen LogP contribution in [0.25, 0.3) is 0 Å². The molecule has 0 aliphatic heterocycles. The largest absolute Gasteiger partial charge is 0.435 e. The third kappa shape index (κ3) is 5.06. The van der Waals surface area contributed by atoms with E-state index in [1.165, 1.54) is 12.1 Å². The average molecular weight is 319 g/mol. The van der Waals surface area contributed by atoms with Crippen LogP contribution in [0.5, 0.6) is 5.75 Å². The highest BCUT2D eigenvalue weighted by Gasteiger charge is 2.12. The second-order valence-corrected chi connectivity index (χ2v) is 5.38. The van der Waals surface area contributed by atoms with Crippen LogP contribution < -0.4 is 4.74 Å². The SMILES string of the molecule is Cc1ccccc1CC(=O)N(C)Cc1ccc(OC(F)F)cc1. The first kappa shape index (κ1) is 16.9. The Morgan fingerprint density at radius 1 is 1.13 bits per heavy atom. The number of halogens is 2. The third-order valence-electron chi connectivity index (χ3n) is 3.60. The summed E-state index contributed by atoms with van der Waals surface area (Å²) in [6.07, 6.45) is 0.343. The van der Waals surface area contributed by atoms with Crippen molar-refractivity contribution in [3.05, 3.63) is 65.2 Å². The highest BCUT2D eigenvalue weighted by Crippen LogP contribution is 2.16. The van der Waals surface area contributed by atoms with Crippen molar-refractivity contribution in [3.8, 4) is 5.75 Å². The van der Waals surface area contributed by atoms with Gasteiger partial charge in [-0.05, 0) is 35.7 Å². The van der Waals surface area contributed by atoms with Gasteiger partial charge in [0.2, 0.25) is 5.91 Å². The summed E-state index contributed by atoms with van der Waals surface area (Å²) in [6.45, 7) is -0.441. The zero-order chi connectivity index (χ0) is 16.8. The number of hydrogen-bond acceptors (Lipinski definition) is 2. The molecule has 3 nitrogen and oxygen atoms in total. The van der Waals surface area contributed by atoms with Crippen molar-refractivity contribution in [2.24, 2.45) is 0 Å². The van der Waals surface area contributed by atoms with Gasteiger partial charge >= 0.3 is 6.61 Å². The molecule has 1 amide bonds. The topological polar surface area (TPSA) is 29.5 Å². The molecule has 0 radical (unpaired) electrons. The number of rotatable bonds is 6. The molecule has 2 aromatic carbocycles. The molecular formula is C18H19F2NO2. The van der Waals surface area contributed by atoms with Crippen molar-refractivity contribution >= 4 is 5.91 Å². The van der Waals surface area contributed by atoms with E-state index in [0.717, 1.165) is 16.7 Å². The first-order valence-corrected chi connectivity index (χ1v) is 7.28. The number of alkyl halides is 2. The van der Waals surface area contributed by atoms with Crippen LogP contribution >= 0.6 is 0 Å². The summed E-state index contributed by atoms with van der Waals surface area (Å²) in [5, 5.41) is 0. The Hall–Kier alpha value is -2.43. The van der Waals surface area contributed by atoms with E-state index >= 15 is 0 Å². The lowest BCUT2D eigenvalue weighted by Gasteiger charge is -2.18. The number of benzene rings is 2. The number of hydrogen-bond donors (Lipinski definition) is 0. The molecule has 0 aliphatic carbocycles. The van der Waals surface area contributed by atoms with E-state index in [9.17, 15) is 13.6 Å². The first-order valence-electron chi connectivity index (χ1n) is 7.28. The minimum Gasteiger partial charge on any atom is -0.435 e. The third-order valence-corrected chi connectivity index (χ3v) is 3.60. The van der Waals surface area contributed by atoms with Gasteiger partial charge in [-0.25, -0.2) is 0 Å². The Morgan fingerprint density at radius 2 is 1.78 bits per heavy atom. The first-order chi connectivity index (χ1) is 11.0. The molecule has 0 bridgehead atoms. The fourth-order valence-corrected chi connectivity index (χ4v) is 2.24. The molecule has 5 heteroatoms. The van der Waals surface area contributed by atoms with E-state index in [2.05, 4.69) is 4.74 Å². The zero-order valence-corrected chi connectivity index (χ0v) is 13.1. The van der Waals surface area contributed by atoms with Crippen molar-refractivity contribution in [1.29, 1.82) is 0 Å². The molecule has 0 spiro atoms. The number of carbonyl (C=O) groups excluding carboxylic acids is 1. The normalized spacial score (nSPS) is 10.7. The van der Waals surface area contributed by atoms with Crippen LogP contribution in [0.2, 0.25) is 0 Å². The summed E-state index contributed by atoms with van der Waals surface area (Å²) in [5.41, 5.74) is 2.94. The maximum atomic E-state index is 12.3. The van der Waals surface area contributed by atoms with E-state index in [1.54, 1.807) is 24.1 Å². The van der Waals surface area contributed by atoms with Crippen LogP contribution in [-0.2, 0) is 17.8 Å². The average Bonchev–Trinajstić information content (AvgIpc) is 2.51. The van der Waals surface area contributed by atoms with E-state index in [4.69, 9.17) is 0 Å². The van der Waals surface area contributed by atoms with Crippen molar-refractivity contribution in [3.63, 3.8) is 0 Å². The lowest BCUT2D eigenvalue weighted by atomic mass is 10.1. The lowest BCUT2D eigenvalue weighted by molar-refractivity contribution is -0.129. The highest BCUT2D eigenvalue weighted by atomic mass is 19.3. The van der Waals surface area contributed by atoms with Gasteiger partial charge in [-0.1, -0.05) is 36.4 Å². The van der Waals surface area contributed by atoms with Crippen LogP contribution in [0.4, 0.5) is 8.78 Å². The van der Waals surface area contributed by atoms with Crippen molar-refractivity contribution in [2.45, 2.75) is 26.5 Å². The number of nitrogens with zero attached hydrogens (tertiary/aromatic N) is 1. The van der Waals surface area contributed by atoms with E-state index in [0.29, 0.717) is 13.0 Å². The molecule has 23 heavy (non-hydrogen) atoms. The molecule has 0 N–H and O–H groups in total. The van der Waals surface area contributed by atoms with Gasteiger partial charge in [-0.3, -0.25) is 4.79 Å². The van der Waals surface area contributed by atoms with E-state index in [1.807, 2.05) is 31.2 Å². The van der Waals surface area contributed by atoms with Gasteiger partial charge in [0.1, 0.15) is 5.75 Å². The molecule has 2 aromatic rings. The highest BCUT2D eigenvalue weighted by molar-refractivity contribution is 5.78. The number of carbonyl (C=O) groups is 1. The maximum absolute atomic E-state index is 12.3. The predicted octanol–water partition coefficient (Wildman–Crippen LogP) is 3.80. The van der Waals surface area contributed by atoms with Crippen LogP contribution in [0, 0.1) is 6.92 Å². The lowest BCUT2D eigenvalue weighted by Crippen LogP contribution is -2.27. The smallest absolute Gasteiger partial charge is 0.387 e. The molecule has 0 aromatic heterocycles. The van der Waals surface area contributed by atoms with Crippen LogP contribution in [0.1, 0.15) is 16.7 Å².